The van der Waals surface area contributed by atoms with E-state index in [0.29, 0.717) is 38.5 Å². The number of carboxylic acid groups (broad SMARTS) is 1. The number of hydrogen-bond acceptors (Lipinski definition) is 7. The first-order chi connectivity index (χ1) is 21.3. The molecule has 0 spiro atoms. The molecule has 0 saturated carbocycles. The molecule has 8 nitrogen and oxygen atoms in total. The lowest BCUT2D eigenvalue weighted by molar-refractivity contribution is -0.144. The second-order valence-electron chi connectivity index (χ2n) is 11.7. The van der Waals surface area contributed by atoms with Gasteiger partial charge in [-0.25, -0.2) is 0 Å². The number of nitrogens with one attached hydrogen (secondary N) is 1. The first-order valence-electron chi connectivity index (χ1n) is 15.6. The van der Waals surface area contributed by atoms with Gasteiger partial charge in [0.1, 0.15) is 19.0 Å². The number of allylic oxidation sites excluding steroid dienone is 2. The molecular weight excluding hydrogens is 576 g/mol. The number of nitrogens with zero attached hydrogens (tertiary/aromatic N) is 1. The molecule has 2 heterocycles. The van der Waals surface area contributed by atoms with E-state index in [9.17, 15) is 14.7 Å². The number of amides is 1. The van der Waals surface area contributed by atoms with Crippen molar-refractivity contribution in [2.75, 3.05) is 50.2 Å². The molecule has 1 amide bonds. The maximum Gasteiger partial charge on any atom is 0.308 e. The van der Waals surface area contributed by atoms with Crippen LogP contribution in [-0.4, -0.2) is 66.8 Å². The molecular formula is C35H44N2O6S. The number of anilines is 1. The number of likely N-dealkylation sites (tertiary alicyclic amines) is 1. The van der Waals surface area contributed by atoms with Crippen molar-refractivity contribution in [3.8, 4) is 5.75 Å². The third-order valence-corrected chi connectivity index (χ3v) is 9.43. The quantitative estimate of drug-likeness (QED) is 0.279. The Bertz CT molecular complexity index is 1380. The average Bonchev–Trinajstić information content (AvgIpc) is 3.41. The Morgan fingerprint density at radius 1 is 1.07 bits per heavy atom. The van der Waals surface area contributed by atoms with E-state index in [1.165, 1.54) is 5.56 Å². The van der Waals surface area contributed by atoms with Crippen molar-refractivity contribution < 1.29 is 28.9 Å². The number of benzene rings is 2. The van der Waals surface area contributed by atoms with Crippen LogP contribution in [0.2, 0.25) is 0 Å². The number of ether oxygens (including phenoxy) is 3. The van der Waals surface area contributed by atoms with Crippen molar-refractivity contribution in [2.45, 2.75) is 46.1 Å². The van der Waals surface area contributed by atoms with Crippen molar-refractivity contribution >= 4 is 29.3 Å². The number of carbonyl (C=O) groups is 2. The van der Waals surface area contributed by atoms with Crippen LogP contribution in [0.3, 0.4) is 0 Å². The summed E-state index contributed by atoms with van der Waals surface area (Å²) in [5.74, 6) is 1.05. The predicted molar refractivity (Wildman–Crippen MR) is 174 cm³/mol. The van der Waals surface area contributed by atoms with Crippen molar-refractivity contribution in [1.29, 1.82) is 0 Å². The van der Waals surface area contributed by atoms with Gasteiger partial charge in [0.15, 0.2) is 11.5 Å². The molecule has 0 radical (unpaired) electrons. The SMILES string of the molecule is CCc1cc(C)cc(CC)c1NC(=O)CN1C[C@H](C2C=C3OCCOC3=CC2)[C@@H](C(=O)O)[C@@H]1c1ccc(OCCSC)cc1. The molecule has 236 valence electrons. The summed E-state index contributed by atoms with van der Waals surface area (Å²) >= 11 is 1.72. The molecule has 5 rings (SSSR count). The Balaban J connectivity index is 1.44. The highest BCUT2D eigenvalue weighted by Gasteiger charge is 2.50. The Morgan fingerprint density at radius 2 is 1.75 bits per heavy atom. The summed E-state index contributed by atoms with van der Waals surface area (Å²) in [6, 6.07) is 11.5. The van der Waals surface area contributed by atoms with Crippen LogP contribution in [-0.2, 0) is 31.9 Å². The number of rotatable bonds is 12. The van der Waals surface area contributed by atoms with Crippen LogP contribution in [0, 0.1) is 24.7 Å². The third kappa shape index (κ3) is 7.10. The number of aryl methyl sites for hydroxylation is 3. The molecule has 9 heteroatoms. The Morgan fingerprint density at radius 3 is 2.39 bits per heavy atom. The standard InChI is InChI=1S/C35H44N2O6S/c1-5-23-17-22(3)18-24(6-2)33(23)36-31(38)21-37-20-28(26-9-12-29-30(19-26)43-14-13-42-29)32(35(39)40)34(37)25-7-10-27(11-8-25)41-15-16-44-4/h7-8,10-12,17-19,26,28,32,34H,5-6,9,13-16,20-21H2,1-4H3,(H,36,38)(H,39,40)/t26?,28-,32-,34+/m1/s1. The normalized spacial score (nSPS) is 23.1. The second-order valence-corrected chi connectivity index (χ2v) is 12.7. The van der Waals surface area contributed by atoms with E-state index < -0.39 is 17.9 Å². The summed E-state index contributed by atoms with van der Waals surface area (Å²) in [5.41, 5.74) is 5.13. The molecule has 0 aromatic heterocycles. The van der Waals surface area contributed by atoms with Gasteiger partial charge in [-0.05, 0) is 85.3 Å². The van der Waals surface area contributed by atoms with E-state index >= 15 is 0 Å². The van der Waals surface area contributed by atoms with Crippen LogP contribution in [0.25, 0.3) is 0 Å². The van der Waals surface area contributed by atoms with E-state index in [2.05, 4.69) is 38.2 Å². The highest BCUT2D eigenvalue weighted by atomic mass is 32.2. The molecule has 2 aromatic rings. The molecule has 2 fully saturated rings. The maximum atomic E-state index is 13.7. The molecule has 2 N–H and O–H groups in total. The predicted octanol–water partition coefficient (Wildman–Crippen LogP) is 6.01. The Labute approximate surface area is 264 Å². The fourth-order valence-corrected chi connectivity index (χ4v) is 7.08. The lowest BCUT2D eigenvalue weighted by Gasteiger charge is -2.30. The molecule has 2 saturated heterocycles. The van der Waals surface area contributed by atoms with E-state index in [1.807, 2.05) is 47.6 Å². The third-order valence-electron chi connectivity index (χ3n) is 8.85. The van der Waals surface area contributed by atoms with Gasteiger partial charge in [-0.15, -0.1) is 0 Å². The van der Waals surface area contributed by atoms with E-state index in [0.717, 1.165) is 52.5 Å². The monoisotopic (exact) mass is 620 g/mol. The lowest BCUT2D eigenvalue weighted by Crippen LogP contribution is -2.35. The summed E-state index contributed by atoms with van der Waals surface area (Å²) in [6.07, 6.45) is 8.36. The molecule has 44 heavy (non-hydrogen) atoms. The second kappa shape index (κ2) is 14.6. The zero-order chi connectivity index (χ0) is 31.2. The average molecular weight is 621 g/mol. The minimum atomic E-state index is -0.864. The largest absolute Gasteiger partial charge is 0.493 e. The summed E-state index contributed by atoms with van der Waals surface area (Å²) in [7, 11) is 0. The molecule has 3 aliphatic rings. The van der Waals surface area contributed by atoms with E-state index in [4.69, 9.17) is 14.2 Å². The summed E-state index contributed by atoms with van der Waals surface area (Å²) in [6.45, 7) is 8.40. The van der Waals surface area contributed by atoms with E-state index in [-0.39, 0.29) is 24.3 Å². The van der Waals surface area contributed by atoms with Gasteiger partial charge in [0, 0.05) is 24.0 Å². The van der Waals surface area contributed by atoms with Crippen molar-refractivity contribution in [3.05, 3.63) is 82.3 Å². The highest BCUT2D eigenvalue weighted by molar-refractivity contribution is 7.98. The number of thioether (sulfide) groups is 1. The van der Waals surface area contributed by atoms with Gasteiger partial charge >= 0.3 is 5.97 Å². The highest BCUT2D eigenvalue weighted by Crippen LogP contribution is 2.47. The van der Waals surface area contributed by atoms with Crippen LogP contribution in [0.15, 0.2) is 60.1 Å². The zero-order valence-electron chi connectivity index (χ0n) is 26.1. The first-order valence-corrected chi connectivity index (χ1v) is 17.0. The van der Waals surface area contributed by atoms with Crippen molar-refractivity contribution in [3.63, 3.8) is 0 Å². The van der Waals surface area contributed by atoms with Crippen LogP contribution < -0.4 is 10.1 Å². The Hall–Kier alpha value is -3.43. The maximum absolute atomic E-state index is 13.7. The van der Waals surface area contributed by atoms with Crippen molar-refractivity contribution in [2.24, 2.45) is 17.8 Å². The van der Waals surface area contributed by atoms with Crippen LogP contribution in [0.5, 0.6) is 5.75 Å². The first kappa shape index (κ1) is 32.0. The van der Waals surface area contributed by atoms with Gasteiger partial charge in [-0.3, -0.25) is 14.5 Å². The fraction of sp³-hybridized carbons (Fsp3) is 0.486. The summed E-state index contributed by atoms with van der Waals surface area (Å²) < 4.78 is 17.5. The smallest absolute Gasteiger partial charge is 0.308 e. The topological polar surface area (TPSA) is 97.3 Å². The number of carboxylic acids is 1. The number of fused-ring (bicyclic) bond motifs is 1. The Kier molecular flexibility index (Phi) is 10.6. The summed E-state index contributed by atoms with van der Waals surface area (Å²) in [5, 5.41) is 13.9. The molecule has 2 aromatic carbocycles. The molecule has 1 unspecified atom stereocenters. The van der Waals surface area contributed by atoms with Crippen LogP contribution in [0.4, 0.5) is 5.69 Å². The van der Waals surface area contributed by atoms with Gasteiger partial charge in [-0.2, -0.15) is 11.8 Å². The lowest BCUT2D eigenvalue weighted by atomic mass is 9.76. The molecule has 0 bridgehead atoms. The molecule has 1 aliphatic carbocycles. The van der Waals surface area contributed by atoms with Gasteiger partial charge in [0.25, 0.3) is 0 Å². The van der Waals surface area contributed by atoms with Crippen LogP contribution in [0.1, 0.15) is 48.6 Å². The van der Waals surface area contributed by atoms with Crippen LogP contribution >= 0.6 is 11.8 Å². The minimum absolute atomic E-state index is 0.0586. The summed E-state index contributed by atoms with van der Waals surface area (Å²) in [4.78, 5) is 28.8. The van der Waals surface area contributed by atoms with Gasteiger partial charge in [0.2, 0.25) is 5.91 Å². The molecule has 2 aliphatic heterocycles. The number of hydrogen-bond donors (Lipinski definition) is 2. The minimum Gasteiger partial charge on any atom is -0.493 e. The van der Waals surface area contributed by atoms with Crippen molar-refractivity contribution in [1.82, 2.24) is 4.90 Å². The number of aliphatic carboxylic acids is 1. The van der Waals surface area contributed by atoms with Gasteiger partial charge in [0.05, 0.1) is 19.1 Å². The molecule has 4 atom stereocenters. The van der Waals surface area contributed by atoms with Gasteiger partial charge < -0.3 is 24.6 Å². The fourth-order valence-electron chi connectivity index (χ4n) is 6.83. The number of carbonyl (C=O) groups excluding carboxylic acids is 1. The van der Waals surface area contributed by atoms with Gasteiger partial charge in [-0.1, -0.05) is 43.7 Å². The van der Waals surface area contributed by atoms with E-state index in [1.54, 1.807) is 11.8 Å². The zero-order valence-corrected chi connectivity index (χ0v) is 27.0.